The topological polar surface area (TPSA) is 66.0 Å². The number of fused-ring (bicyclic) bond motifs is 1. The zero-order valence-electron chi connectivity index (χ0n) is 25.3. The van der Waals surface area contributed by atoms with Crippen LogP contribution in [-0.2, 0) is 29.1 Å². The van der Waals surface area contributed by atoms with Crippen LogP contribution in [0.3, 0.4) is 0 Å². The number of aromatic nitrogens is 1. The van der Waals surface area contributed by atoms with Gasteiger partial charge in [-0.3, -0.25) is 19.5 Å². The minimum absolute atomic E-state index is 0.00387. The lowest BCUT2D eigenvalue weighted by Gasteiger charge is -2.28. The number of amides is 2. The van der Waals surface area contributed by atoms with Gasteiger partial charge in [-0.1, -0.05) is 54.6 Å². The van der Waals surface area contributed by atoms with Crippen molar-refractivity contribution >= 4 is 17.5 Å². The molecule has 0 atom stereocenters. The molecule has 222 valence electrons. The van der Waals surface area contributed by atoms with Crippen molar-refractivity contribution in [1.29, 1.82) is 0 Å². The molecule has 0 spiro atoms. The molecule has 2 amide bonds. The Hall–Kier alpha value is -4.49. The summed E-state index contributed by atoms with van der Waals surface area (Å²) < 4.78 is 5.43. The fraction of sp³-hybridized carbons (Fsp3) is 0.306. The van der Waals surface area contributed by atoms with Crippen molar-refractivity contribution in [2.24, 2.45) is 0 Å². The van der Waals surface area contributed by atoms with Crippen molar-refractivity contribution in [3.63, 3.8) is 0 Å². The third-order valence-electron chi connectivity index (χ3n) is 8.07. The van der Waals surface area contributed by atoms with Crippen molar-refractivity contribution in [1.82, 2.24) is 14.8 Å². The van der Waals surface area contributed by atoms with Gasteiger partial charge in [0.25, 0.3) is 0 Å². The Morgan fingerprint density at radius 2 is 1.70 bits per heavy atom. The predicted octanol–water partition coefficient (Wildman–Crippen LogP) is 5.90. The van der Waals surface area contributed by atoms with Gasteiger partial charge in [-0.25, -0.2) is 0 Å². The number of aryl methyl sites for hydroxylation is 1. The van der Waals surface area contributed by atoms with Crippen LogP contribution in [-0.4, -0.2) is 59.9 Å². The summed E-state index contributed by atoms with van der Waals surface area (Å²) in [5.41, 5.74) is 7.00. The molecule has 0 saturated carbocycles. The summed E-state index contributed by atoms with van der Waals surface area (Å²) in [6, 6.07) is 26.4. The molecule has 0 radical (unpaired) electrons. The number of hydrogen-bond acceptors (Lipinski definition) is 5. The largest absolute Gasteiger partial charge is 0.496 e. The number of anilines is 1. The van der Waals surface area contributed by atoms with Crippen molar-refractivity contribution in [3.05, 3.63) is 114 Å². The highest BCUT2D eigenvalue weighted by molar-refractivity contribution is 5.93. The fourth-order valence-corrected chi connectivity index (χ4v) is 5.80. The average Bonchev–Trinajstić information content (AvgIpc) is 3.05. The number of benzene rings is 3. The Bertz CT molecular complexity index is 1540. The van der Waals surface area contributed by atoms with Crippen LogP contribution < -0.4 is 9.64 Å². The van der Waals surface area contributed by atoms with E-state index in [2.05, 4.69) is 40.2 Å². The molecule has 5 rings (SSSR count). The van der Waals surface area contributed by atoms with E-state index in [1.165, 1.54) is 5.56 Å². The van der Waals surface area contributed by atoms with Gasteiger partial charge in [0.05, 0.1) is 13.5 Å². The summed E-state index contributed by atoms with van der Waals surface area (Å²) in [7, 11) is 1.66. The summed E-state index contributed by atoms with van der Waals surface area (Å²) in [4.78, 5) is 37.5. The van der Waals surface area contributed by atoms with E-state index in [0.29, 0.717) is 19.6 Å². The quantitative estimate of drug-likeness (QED) is 0.286. The molecule has 43 heavy (non-hydrogen) atoms. The molecule has 7 heteroatoms. The third-order valence-corrected chi connectivity index (χ3v) is 8.07. The van der Waals surface area contributed by atoms with E-state index in [1.807, 2.05) is 71.5 Å². The van der Waals surface area contributed by atoms with Gasteiger partial charge in [0.1, 0.15) is 5.75 Å². The summed E-state index contributed by atoms with van der Waals surface area (Å²) in [5.74, 6) is 0.857. The second kappa shape index (κ2) is 14.1. The zero-order valence-corrected chi connectivity index (χ0v) is 25.3. The van der Waals surface area contributed by atoms with Gasteiger partial charge in [-0.15, -0.1) is 0 Å². The molecule has 3 aromatic carbocycles. The number of ether oxygens (including phenoxy) is 1. The number of carbonyl (C=O) groups is 2. The molecule has 0 unspecified atom stereocenters. The summed E-state index contributed by atoms with van der Waals surface area (Å²) in [6.07, 6.45) is 4.72. The molecule has 4 aromatic rings. The molecular formula is C36H40N4O3. The number of carbonyl (C=O) groups excluding carboxylic acids is 2. The maximum Gasteiger partial charge on any atom is 0.227 e. The summed E-state index contributed by atoms with van der Waals surface area (Å²) in [5, 5.41) is 0. The first-order valence-corrected chi connectivity index (χ1v) is 14.9. The number of methoxy groups -OCH3 is 1. The molecule has 1 aliphatic rings. The SMILES string of the molecule is COc1ccc(CC(=O)N2CCN(Cc3ccccc3)CCCN(C(C)=O)c3ccc(-c4cccnc4)cc3C2)cc1C. The standard InChI is InChI=1S/C36H40N4O3/c1-27-21-30(12-15-35(27)43-3)22-36(42)39-20-19-38(25-29-9-5-4-6-10-29)17-8-18-40(28(2)41)34-14-13-31(23-33(34)26-39)32-11-7-16-37-24-32/h4-7,9-16,21,23-24H,8,17-20,22,25-26H2,1-3H3. The maximum atomic E-state index is 14.0. The molecule has 0 fully saturated rings. The molecule has 0 N–H and O–H groups in total. The Kier molecular flexibility index (Phi) is 9.84. The molecular weight excluding hydrogens is 536 g/mol. The van der Waals surface area contributed by atoms with Gasteiger partial charge in [0, 0.05) is 64.3 Å². The lowest BCUT2D eigenvalue weighted by atomic mass is 10.0. The Morgan fingerprint density at radius 1 is 0.860 bits per heavy atom. The van der Waals surface area contributed by atoms with Gasteiger partial charge < -0.3 is 14.5 Å². The predicted molar refractivity (Wildman–Crippen MR) is 171 cm³/mol. The average molecular weight is 577 g/mol. The van der Waals surface area contributed by atoms with Crippen LogP contribution in [0.25, 0.3) is 11.1 Å². The van der Waals surface area contributed by atoms with Crippen LogP contribution in [0.1, 0.15) is 35.6 Å². The lowest BCUT2D eigenvalue weighted by molar-refractivity contribution is -0.131. The van der Waals surface area contributed by atoms with E-state index >= 15 is 0 Å². The highest BCUT2D eigenvalue weighted by Gasteiger charge is 2.23. The lowest BCUT2D eigenvalue weighted by Crippen LogP contribution is -2.39. The maximum absolute atomic E-state index is 14.0. The highest BCUT2D eigenvalue weighted by Crippen LogP contribution is 2.30. The van der Waals surface area contributed by atoms with E-state index in [-0.39, 0.29) is 18.2 Å². The molecule has 7 nitrogen and oxygen atoms in total. The second-order valence-electron chi connectivity index (χ2n) is 11.2. The van der Waals surface area contributed by atoms with Crippen molar-refractivity contribution in [2.75, 3.05) is 38.2 Å². The van der Waals surface area contributed by atoms with Crippen molar-refractivity contribution in [3.8, 4) is 16.9 Å². The van der Waals surface area contributed by atoms with Crippen LogP contribution in [0.2, 0.25) is 0 Å². The van der Waals surface area contributed by atoms with E-state index < -0.39 is 0 Å². The van der Waals surface area contributed by atoms with Crippen LogP contribution in [0.5, 0.6) is 5.75 Å². The van der Waals surface area contributed by atoms with E-state index in [1.54, 1.807) is 20.2 Å². The van der Waals surface area contributed by atoms with Gasteiger partial charge in [0.2, 0.25) is 11.8 Å². The van der Waals surface area contributed by atoms with Crippen LogP contribution >= 0.6 is 0 Å². The third kappa shape index (κ3) is 7.67. The molecule has 0 saturated heterocycles. The number of nitrogens with zero attached hydrogens (tertiary/aromatic N) is 4. The minimum Gasteiger partial charge on any atom is -0.496 e. The monoisotopic (exact) mass is 576 g/mol. The molecule has 1 aliphatic heterocycles. The van der Waals surface area contributed by atoms with Crippen LogP contribution in [0.15, 0.2) is 91.3 Å². The van der Waals surface area contributed by atoms with Gasteiger partial charge in [-0.2, -0.15) is 0 Å². The summed E-state index contributed by atoms with van der Waals surface area (Å²) in [6.45, 7) is 7.56. The van der Waals surface area contributed by atoms with Crippen LogP contribution in [0, 0.1) is 6.92 Å². The first kappa shape index (κ1) is 30.0. The van der Waals surface area contributed by atoms with Crippen molar-refractivity contribution in [2.45, 2.75) is 39.8 Å². The Morgan fingerprint density at radius 3 is 2.42 bits per heavy atom. The smallest absolute Gasteiger partial charge is 0.227 e. The number of pyridine rings is 1. The van der Waals surface area contributed by atoms with E-state index in [0.717, 1.165) is 65.3 Å². The summed E-state index contributed by atoms with van der Waals surface area (Å²) >= 11 is 0. The van der Waals surface area contributed by atoms with Gasteiger partial charge in [0.15, 0.2) is 0 Å². The molecule has 1 aromatic heterocycles. The fourth-order valence-electron chi connectivity index (χ4n) is 5.80. The minimum atomic E-state index is -0.00387. The molecule has 0 bridgehead atoms. The first-order valence-electron chi connectivity index (χ1n) is 14.9. The Labute approximate surface area is 254 Å². The van der Waals surface area contributed by atoms with Gasteiger partial charge in [-0.05, 0) is 71.0 Å². The van der Waals surface area contributed by atoms with Gasteiger partial charge >= 0.3 is 0 Å². The Balaban J connectivity index is 1.50. The second-order valence-corrected chi connectivity index (χ2v) is 11.2. The van der Waals surface area contributed by atoms with Crippen LogP contribution in [0.4, 0.5) is 5.69 Å². The van der Waals surface area contributed by atoms with E-state index in [9.17, 15) is 9.59 Å². The van der Waals surface area contributed by atoms with Crippen molar-refractivity contribution < 1.29 is 14.3 Å². The number of rotatable bonds is 6. The normalized spacial score (nSPS) is 14.5. The highest BCUT2D eigenvalue weighted by atomic mass is 16.5. The van der Waals surface area contributed by atoms with E-state index in [4.69, 9.17) is 4.74 Å². The first-order chi connectivity index (χ1) is 20.9. The molecule has 0 aliphatic carbocycles. The number of hydrogen-bond donors (Lipinski definition) is 0. The molecule has 2 heterocycles. The zero-order chi connectivity index (χ0) is 30.2.